The fourth-order valence-corrected chi connectivity index (χ4v) is 3.64. The highest BCUT2D eigenvalue weighted by Gasteiger charge is 2.16. The lowest BCUT2D eigenvalue weighted by Gasteiger charge is -2.16. The van der Waals surface area contributed by atoms with Gasteiger partial charge in [0.1, 0.15) is 0 Å². The predicted octanol–water partition coefficient (Wildman–Crippen LogP) is 4.12. The molecule has 0 amide bonds. The number of nitrogens with one attached hydrogen (secondary N) is 1. The van der Waals surface area contributed by atoms with E-state index in [0.717, 1.165) is 6.61 Å². The van der Waals surface area contributed by atoms with Gasteiger partial charge in [-0.1, -0.05) is 0 Å². The van der Waals surface area contributed by atoms with Gasteiger partial charge in [0.25, 0.3) is 0 Å². The van der Waals surface area contributed by atoms with Crippen LogP contribution in [0.4, 0.5) is 0 Å². The molecule has 2 atom stereocenters. The molecule has 0 aromatic carbocycles. The van der Waals surface area contributed by atoms with E-state index in [4.69, 9.17) is 4.74 Å². The molecule has 1 aliphatic heterocycles. The Labute approximate surface area is 116 Å². The summed E-state index contributed by atoms with van der Waals surface area (Å²) in [5.74, 6) is 0. The van der Waals surface area contributed by atoms with Gasteiger partial charge in [0.2, 0.25) is 0 Å². The topological polar surface area (TPSA) is 21.3 Å². The summed E-state index contributed by atoms with van der Waals surface area (Å²) in [6.45, 7) is 0.970. The summed E-state index contributed by atoms with van der Waals surface area (Å²) in [6.07, 6.45) is 6.68. The highest BCUT2D eigenvalue weighted by atomic mass is 79.9. The van der Waals surface area contributed by atoms with E-state index >= 15 is 0 Å². The zero-order valence-corrected chi connectivity index (χ0v) is 12.6. The van der Waals surface area contributed by atoms with Crippen LogP contribution in [0.5, 0.6) is 0 Å². The van der Waals surface area contributed by atoms with Crippen LogP contribution in [0.25, 0.3) is 0 Å². The van der Waals surface area contributed by atoms with E-state index in [1.54, 1.807) is 11.3 Å². The number of rotatable bonds is 6. The van der Waals surface area contributed by atoms with Gasteiger partial charge in [-0.15, -0.1) is 11.3 Å². The molecule has 2 nitrogen and oxygen atoms in total. The molecule has 1 aliphatic rings. The van der Waals surface area contributed by atoms with Gasteiger partial charge in [0.05, 0.1) is 9.89 Å². The Kier molecular flexibility index (Phi) is 5.48. The number of thiophene rings is 1. The Balaban J connectivity index is 1.75. The first kappa shape index (κ1) is 13.5. The molecular weight excluding hydrogens is 298 g/mol. The number of hydrogen-bond acceptors (Lipinski definition) is 3. The largest absolute Gasteiger partial charge is 0.378 e. The first-order chi connectivity index (χ1) is 8.29. The smallest absolute Gasteiger partial charge is 0.0701 e. The molecule has 96 valence electrons. The van der Waals surface area contributed by atoms with E-state index in [0.29, 0.717) is 12.1 Å². The molecule has 4 heteroatoms. The van der Waals surface area contributed by atoms with Crippen molar-refractivity contribution in [2.24, 2.45) is 0 Å². The molecule has 0 radical (unpaired) electrons. The molecule has 17 heavy (non-hydrogen) atoms. The molecule has 0 bridgehead atoms. The van der Waals surface area contributed by atoms with Crippen molar-refractivity contribution in [2.75, 3.05) is 13.7 Å². The molecule has 1 aromatic rings. The summed E-state index contributed by atoms with van der Waals surface area (Å²) in [7, 11) is 2.04. The zero-order chi connectivity index (χ0) is 12.1. The summed E-state index contributed by atoms with van der Waals surface area (Å²) in [4.78, 5) is 0. The van der Waals surface area contributed by atoms with Gasteiger partial charge in [-0.2, -0.15) is 0 Å². The van der Waals surface area contributed by atoms with Crippen LogP contribution in [-0.4, -0.2) is 19.8 Å². The molecule has 0 spiro atoms. The molecule has 2 heterocycles. The minimum absolute atomic E-state index is 0.485. The van der Waals surface area contributed by atoms with Crippen LogP contribution in [0.1, 0.15) is 43.7 Å². The quantitative estimate of drug-likeness (QED) is 0.852. The van der Waals surface area contributed by atoms with Crippen molar-refractivity contribution in [3.05, 3.63) is 20.8 Å². The molecule has 0 saturated carbocycles. The average molecular weight is 318 g/mol. The van der Waals surface area contributed by atoms with Gasteiger partial charge in [-0.05, 0) is 72.1 Å². The van der Waals surface area contributed by atoms with Gasteiger partial charge in [-0.3, -0.25) is 0 Å². The second kappa shape index (κ2) is 6.88. The summed E-state index contributed by atoms with van der Waals surface area (Å²) in [5.41, 5.74) is 1.40. The van der Waals surface area contributed by atoms with Crippen molar-refractivity contribution >= 4 is 27.3 Å². The molecule has 2 unspecified atom stereocenters. The number of ether oxygens (including phenoxy) is 1. The first-order valence-corrected chi connectivity index (χ1v) is 7.99. The fourth-order valence-electron chi connectivity index (χ4n) is 2.41. The summed E-state index contributed by atoms with van der Waals surface area (Å²) >= 11 is 5.28. The van der Waals surface area contributed by atoms with Crippen LogP contribution in [0.3, 0.4) is 0 Å². The number of hydrogen-bond donors (Lipinski definition) is 1. The molecule has 1 aromatic heterocycles. The van der Waals surface area contributed by atoms with Gasteiger partial charge in [0, 0.05) is 12.6 Å². The van der Waals surface area contributed by atoms with Crippen LogP contribution in [0.2, 0.25) is 0 Å². The Bertz CT molecular complexity index is 336. The van der Waals surface area contributed by atoms with E-state index in [1.807, 2.05) is 7.05 Å². The Morgan fingerprint density at radius 3 is 3.12 bits per heavy atom. The van der Waals surface area contributed by atoms with Crippen LogP contribution in [-0.2, 0) is 4.74 Å². The van der Waals surface area contributed by atoms with Crippen LogP contribution in [0, 0.1) is 0 Å². The maximum Gasteiger partial charge on any atom is 0.0701 e. The van der Waals surface area contributed by atoms with Crippen LogP contribution < -0.4 is 5.32 Å². The van der Waals surface area contributed by atoms with Gasteiger partial charge >= 0.3 is 0 Å². The predicted molar refractivity (Wildman–Crippen MR) is 76.6 cm³/mol. The third-order valence-corrected chi connectivity index (χ3v) is 4.90. The summed E-state index contributed by atoms with van der Waals surface area (Å²) in [6, 6.07) is 2.71. The lowest BCUT2D eigenvalue weighted by atomic mass is 10.0. The van der Waals surface area contributed by atoms with Crippen molar-refractivity contribution in [3.63, 3.8) is 0 Å². The SMILES string of the molecule is CNC(CCCC1CCCO1)c1csc(Br)c1. The summed E-state index contributed by atoms with van der Waals surface area (Å²) < 4.78 is 6.87. The van der Waals surface area contributed by atoms with E-state index in [9.17, 15) is 0 Å². The second-order valence-electron chi connectivity index (χ2n) is 4.59. The van der Waals surface area contributed by atoms with Crippen molar-refractivity contribution in [3.8, 4) is 0 Å². The van der Waals surface area contributed by atoms with Crippen molar-refractivity contribution < 1.29 is 4.74 Å². The third kappa shape index (κ3) is 4.05. The standard InChI is InChI=1S/C13H20BrNOS/c1-15-12(10-8-13(14)17-9-10)6-2-4-11-5-3-7-16-11/h8-9,11-12,15H,2-7H2,1H3. The maximum absolute atomic E-state index is 5.65. The molecule has 0 aliphatic carbocycles. The second-order valence-corrected chi connectivity index (χ2v) is 6.88. The lowest BCUT2D eigenvalue weighted by Crippen LogP contribution is -2.16. The average Bonchev–Trinajstić information content (AvgIpc) is 2.96. The molecule has 1 saturated heterocycles. The molecule has 1 N–H and O–H groups in total. The van der Waals surface area contributed by atoms with Crippen LogP contribution in [0.15, 0.2) is 15.2 Å². The lowest BCUT2D eigenvalue weighted by molar-refractivity contribution is 0.101. The Morgan fingerprint density at radius 1 is 1.65 bits per heavy atom. The molecule has 2 rings (SSSR count). The van der Waals surface area contributed by atoms with Crippen molar-refractivity contribution in [2.45, 2.75) is 44.2 Å². The van der Waals surface area contributed by atoms with Gasteiger partial charge in [0.15, 0.2) is 0 Å². The first-order valence-electron chi connectivity index (χ1n) is 6.32. The minimum atomic E-state index is 0.485. The highest BCUT2D eigenvalue weighted by Crippen LogP contribution is 2.28. The Morgan fingerprint density at radius 2 is 2.53 bits per heavy atom. The normalized spacial score (nSPS) is 21.9. The Hall–Kier alpha value is 0.100. The van der Waals surface area contributed by atoms with E-state index in [2.05, 4.69) is 32.7 Å². The third-order valence-electron chi connectivity index (χ3n) is 3.38. The number of halogens is 1. The fraction of sp³-hybridized carbons (Fsp3) is 0.692. The van der Waals surface area contributed by atoms with E-state index < -0.39 is 0 Å². The molecular formula is C13H20BrNOS. The van der Waals surface area contributed by atoms with Crippen LogP contribution >= 0.6 is 27.3 Å². The van der Waals surface area contributed by atoms with Crippen molar-refractivity contribution in [1.82, 2.24) is 5.32 Å². The van der Waals surface area contributed by atoms with Gasteiger partial charge in [-0.25, -0.2) is 0 Å². The van der Waals surface area contributed by atoms with E-state index in [1.165, 1.54) is 41.5 Å². The molecule has 1 fully saturated rings. The highest BCUT2D eigenvalue weighted by molar-refractivity contribution is 9.11. The van der Waals surface area contributed by atoms with E-state index in [-0.39, 0.29) is 0 Å². The zero-order valence-electron chi connectivity index (χ0n) is 10.2. The maximum atomic E-state index is 5.65. The monoisotopic (exact) mass is 317 g/mol. The van der Waals surface area contributed by atoms with Crippen molar-refractivity contribution in [1.29, 1.82) is 0 Å². The minimum Gasteiger partial charge on any atom is -0.378 e. The summed E-state index contributed by atoms with van der Waals surface area (Å²) in [5, 5.41) is 5.64. The van der Waals surface area contributed by atoms with Gasteiger partial charge < -0.3 is 10.1 Å².